The number of amides is 1. The molecule has 1 aliphatic heterocycles. The summed E-state index contributed by atoms with van der Waals surface area (Å²) >= 11 is 0. The van der Waals surface area contributed by atoms with Crippen LogP contribution < -0.4 is 5.32 Å². The highest BCUT2D eigenvalue weighted by Gasteiger charge is 2.32. The summed E-state index contributed by atoms with van der Waals surface area (Å²) in [5, 5.41) is 3.55. The molecule has 5 nitrogen and oxygen atoms in total. The number of hydrogen-bond acceptors (Lipinski definition) is 4. The van der Waals surface area contributed by atoms with E-state index in [0.29, 0.717) is 6.04 Å². The van der Waals surface area contributed by atoms with E-state index in [9.17, 15) is 4.79 Å². The number of hydrogen-bond donors (Lipinski definition) is 1. The summed E-state index contributed by atoms with van der Waals surface area (Å²) < 4.78 is 5.51. The Kier molecular flexibility index (Phi) is 5.72. The van der Waals surface area contributed by atoms with Crippen molar-refractivity contribution in [3.8, 4) is 0 Å². The van der Waals surface area contributed by atoms with Crippen LogP contribution in [0.15, 0.2) is 0 Å². The van der Waals surface area contributed by atoms with Crippen LogP contribution in [0.4, 0.5) is 4.79 Å². The van der Waals surface area contributed by atoms with Gasteiger partial charge < -0.3 is 15.0 Å². The van der Waals surface area contributed by atoms with Crippen LogP contribution in [0, 0.1) is 0 Å². The van der Waals surface area contributed by atoms with Crippen molar-refractivity contribution in [3.63, 3.8) is 0 Å². The zero-order chi connectivity index (χ0) is 16.3. The first kappa shape index (κ1) is 17.5. The molecule has 2 rings (SSSR count). The van der Waals surface area contributed by atoms with Gasteiger partial charge in [-0.3, -0.25) is 4.90 Å². The van der Waals surface area contributed by atoms with Gasteiger partial charge in [-0.15, -0.1) is 0 Å². The van der Waals surface area contributed by atoms with E-state index in [4.69, 9.17) is 4.74 Å². The molecular formula is C17H33N3O2. The van der Waals surface area contributed by atoms with E-state index < -0.39 is 5.60 Å². The second-order valence-corrected chi connectivity index (χ2v) is 7.87. The molecule has 2 atom stereocenters. The monoisotopic (exact) mass is 311 g/mol. The summed E-state index contributed by atoms with van der Waals surface area (Å²) in [5.74, 6) is 0. The Hall–Kier alpha value is -0.810. The van der Waals surface area contributed by atoms with Gasteiger partial charge in [0.15, 0.2) is 0 Å². The van der Waals surface area contributed by atoms with Gasteiger partial charge >= 0.3 is 6.09 Å². The fourth-order valence-corrected chi connectivity index (χ4v) is 3.05. The summed E-state index contributed by atoms with van der Waals surface area (Å²) in [5.41, 5.74) is -0.418. The maximum absolute atomic E-state index is 12.2. The van der Waals surface area contributed by atoms with Crippen molar-refractivity contribution >= 4 is 6.09 Å². The first-order valence-corrected chi connectivity index (χ1v) is 8.70. The van der Waals surface area contributed by atoms with Crippen LogP contribution in [0.2, 0.25) is 0 Å². The SMILES string of the molecule is CC(CNCC1CCCN1C(=O)OC(C)(C)C)N(C)C1CC1. The van der Waals surface area contributed by atoms with Crippen LogP contribution in [0.25, 0.3) is 0 Å². The van der Waals surface area contributed by atoms with Crippen molar-refractivity contribution in [2.45, 2.75) is 77.1 Å². The summed E-state index contributed by atoms with van der Waals surface area (Å²) in [6, 6.07) is 1.61. The average Bonchev–Trinajstić information content (AvgIpc) is 3.15. The van der Waals surface area contributed by atoms with Gasteiger partial charge in [0.05, 0.1) is 0 Å². The molecule has 1 amide bonds. The van der Waals surface area contributed by atoms with Gasteiger partial charge in [-0.1, -0.05) is 0 Å². The molecule has 0 aromatic rings. The predicted molar refractivity (Wildman–Crippen MR) is 89.1 cm³/mol. The molecule has 2 fully saturated rings. The molecule has 1 saturated carbocycles. The van der Waals surface area contributed by atoms with Gasteiger partial charge in [0, 0.05) is 37.8 Å². The highest BCUT2D eigenvalue weighted by atomic mass is 16.6. The lowest BCUT2D eigenvalue weighted by atomic mass is 10.2. The Labute approximate surface area is 135 Å². The van der Waals surface area contributed by atoms with Gasteiger partial charge in [0.2, 0.25) is 0 Å². The highest BCUT2D eigenvalue weighted by molar-refractivity contribution is 5.69. The number of nitrogens with zero attached hydrogens (tertiary/aromatic N) is 2. The summed E-state index contributed by atoms with van der Waals surface area (Å²) in [6.45, 7) is 10.7. The third-order valence-corrected chi connectivity index (χ3v) is 4.64. The van der Waals surface area contributed by atoms with E-state index in [1.165, 1.54) is 12.8 Å². The van der Waals surface area contributed by atoms with E-state index in [1.807, 2.05) is 25.7 Å². The van der Waals surface area contributed by atoms with E-state index in [2.05, 4.69) is 24.2 Å². The van der Waals surface area contributed by atoms with Crippen molar-refractivity contribution in [3.05, 3.63) is 0 Å². The van der Waals surface area contributed by atoms with Crippen molar-refractivity contribution in [1.82, 2.24) is 15.1 Å². The van der Waals surface area contributed by atoms with Gasteiger partial charge in [-0.2, -0.15) is 0 Å². The molecular weight excluding hydrogens is 278 g/mol. The third-order valence-electron chi connectivity index (χ3n) is 4.64. The molecule has 0 aromatic carbocycles. The smallest absolute Gasteiger partial charge is 0.410 e. The minimum Gasteiger partial charge on any atom is -0.444 e. The lowest BCUT2D eigenvalue weighted by Crippen LogP contribution is -2.46. The fourth-order valence-electron chi connectivity index (χ4n) is 3.05. The maximum Gasteiger partial charge on any atom is 0.410 e. The molecule has 5 heteroatoms. The van der Waals surface area contributed by atoms with Crippen molar-refractivity contribution in [2.24, 2.45) is 0 Å². The molecule has 0 bridgehead atoms. The van der Waals surface area contributed by atoms with Gasteiger partial charge in [0.25, 0.3) is 0 Å². The maximum atomic E-state index is 12.2. The minimum absolute atomic E-state index is 0.167. The average molecular weight is 311 g/mol. The standard InChI is InChI=1S/C17H33N3O2/c1-13(19(5)14-8-9-14)11-18-12-15-7-6-10-20(15)16(21)22-17(2,3)4/h13-15,18H,6-12H2,1-5H3. The number of nitrogens with one attached hydrogen (secondary N) is 1. The molecule has 1 saturated heterocycles. The van der Waals surface area contributed by atoms with E-state index in [1.54, 1.807) is 0 Å². The van der Waals surface area contributed by atoms with Crippen molar-refractivity contribution in [1.29, 1.82) is 0 Å². The third kappa shape index (κ3) is 5.13. The highest BCUT2D eigenvalue weighted by Crippen LogP contribution is 2.26. The minimum atomic E-state index is -0.418. The van der Waals surface area contributed by atoms with Crippen molar-refractivity contribution in [2.75, 3.05) is 26.7 Å². The second kappa shape index (κ2) is 7.18. The molecule has 0 radical (unpaired) electrons. The quantitative estimate of drug-likeness (QED) is 0.818. The Balaban J connectivity index is 1.72. The lowest BCUT2D eigenvalue weighted by Gasteiger charge is -2.30. The van der Waals surface area contributed by atoms with Crippen LogP contribution in [0.3, 0.4) is 0 Å². The van der Waals surface area contributed by atoms with Crippen molar-refractivity contribution < 1.29 is 9.53 Å². The number of likely N-dealkylation sites (tertiary alicyclic amines) is 1. The number of likely N-dealkylation sites (N-methyl/N-ethyl adjacent to an activating group) is 1. The Bertz CT molecular complexity index is 377. The Morgan fingerprint density at radius 3 is 2.64 bits per heavy atom. The topological polar surface area (TPSA) is 44.8 Å². The first-order chi connectivity index (χ1) is 10.3. The van der Waals surface area contributed by atoms with Crippen LogP contribution in [0.1, 0.15) is 53.4 Å². The van der Waals surface area contributed by atoms with E-state index in [-0.39, 0.29) is 12.1 Å². The zero-order valence-corrected chi connectivity index (χ0v) is 14.9. The molecule has 0 aromatic heterocycles. The summed E-state index contributed by atoms with van der Waals surface area (Å²) in [6.07, 6.45) is 4.66. The second-order valence-electron chi connectivity index (χ2n) is 7.87. The largest absolute Gasteiger partial charge is 0.444 e. The number of carbonyl (C=O) groups excluding carboxylic acids is 1. The molecule has 1 aliphatic carbocycles. The van der Waals surface area contributed by atoms with Crippen LogP contribution >= 0.6 is 0 Å². The molecule has 1 heterocycles. The molecule has 22 heavy (non-hydrogen) atoms. The fraction of sp³-hybridized carbons (Fsp3) is 0.941. The molecule has 1 N–H and O–H groups in total. The number of ether oxygens (including phenoxy) is 1. The van der Waals surface area contributed by atoms with Crippen LogP contribution in [-0.2, 0) is 4.74 Å². The molecule has 2 aliphatic rings. The van der Waals surface area contributed by atoms with Crippen LogP contribution in [-0.4, -0.2) is 66.3 Å². The summed E-state index contributed by atoms with van der Waals surface area (Å²) in [4.78, 5) is 16.6. The Morgan fingerprint density at radius 1 is 1.36 bits per heavy atom. The van der Waals surface area contributed by atoms with Gasteiger partial charge in [-0.25, -0.2) is 4.79 Å². The molecule has 2 unspecified atom stereocenters. The Morgan fingerprint density at radius 2 is 2.05 bits per heavy atom. The number of carbonyl (C=O) groups is 1. The van der Waals surface area contributed by atoms with Gasteiger partial charge in [0.1, 0.15) is 5.60 Å². The van der Waals surface area contributed by atoms with Crippen LogP contribution in [0.5, 0.6) is 0 Å². The molecule has 128 valence electrons. The van der Waals surface area contributed by atoms with E-state index in [0.717, 1.165) is 38.5 Å². The summed E-state index contributed by atoms with van der Waals surface area (Å²) in [7, 11) is 2.21. The molecule has 0 spiro atoms. The normalized spacial score (nSPS) is 23.9. The van der Waals surface area contributed by atoms with Gasteiger partial charge in [-0.05, 0) is 60.4 Å². The number of rotatable bonds is 6. The first-order valence-electron chi connectivity index (χ1n) is 8.70. The lowest BCUT2D eigenvalue weighted by molar-refractivity contribution is 0.0226. The zero-order valence-electron chi connectivity index (χ0n) is 14.9. The predicted octanol–water partition coefficient (Wildman–Crippen LogP) is 2.46. The van der Waals surface area contributed by atoms with E-state index >= 15 is 0 Å².